The number of aromatic nitrogens is 2. The van der Waals surface area contributed by atoms with E-state index in [1.54, 1.807) is 6.07 Å². The lowest BCUT2D eigenvalue weighted by molar-refractivity contribution is -0.121. The van der Waals surface area contributed by atoms with Gasteiger partial charge in [0.2, 0.25) is 5.91 Å². The number of unbranched alkanes of at least 4 members (excludes halogenated alkanes) is 6. The third-order valence-corrected chi connectivity index (χ3v) is 4.45. The Balaban J connectivity index is 1.80. The normalized spacial score (nSPS) is 11.0. The summed E-state index contributed by atoms with van der Waals surface area (Å²) in [4.78, 5) is 24.5. The molecular weight excluding hydrogens is 314 g/mol. The van der Waals surface area contributed by atoms with Crippen LogP contribution in [0, 0.1) is 6.92 Å². The molecule has 0 aliphatic heterocycles. The van der Waals surface area contributed by atoms with Crippen molar-refractivity contribution in [3.8, 4) is 0 Å². The van der Waals surface area contributed by atoms with Crippen LogP contribution in [0.5, 0.6) is 0 Å². The van der Waals surface area contributed by atoms with Crippen LogP contribution in [0.15, 0.2) is 29.1 Å². The third-order valence-electron chi connectivity index (χ3n) is 4.45. The molecule has 25 heavy (non-hydrogen) atoms. The van der Waals surface area contributed by atoms with Crippen molar-refractivity contribution in [1.29, 1.82) is 0 Å². The summed E-state index contributed by atoms with van der Waals surface area (Å²) in [7, 11) is 0. The van der Waals surface area contributed by atoms with Crippen molar-refractivity contribution >= 4 is 16.7 Å². The molecule has 1 aromatic carbocycles. The number of nitrogens with one attached hydrogen (secondary N) is 1. The Labute approximate surface area is 149 Å². The Morgan fingerprint density at radius 3 is 2.40 bits per heavy atom. The second-order valence-corrected chi connectivity index (χ2v) is 6.57. The molecule has 2 rings (SSSR count). The van der Waals surface area contributed by atoms with E-state index in [0.29, 0.717) is 11.9 Å². The molecule has 0 spiro atoms. The number of carbonyl (C=O) groups is 1. The van der Waals surface area contributed by atoms with Crippen LogP contribution in [0.25, 0.3) is 10.8 Å². The fourth-order valence-corrected chi connectivity index (χ4v) is 3.01. The molecule has 0 fully saturated rings. The van der Waals surface area contributed by atoms with Gasteiger partial charge < -0.3 is 5.32 Å². The average molecular weight is 343 g/mol. The number of nitrogens with zero attached hydrogens (tertiary/aromatic N) is 2. The molecule has 1 N–H and O–H groups in total. The zero-order chi connectivity index (χ0) is 18.1. The molecule has 0 bridgehead atoms. The highest BCUT2D eigenvalue weighted by Crippen LogP contribution is 2.11. The first-order valence-corrected chi connectivity index (χ1v) is 9.36. The summed E-state index contributed by atoms with van der Waals surface area (Å²) < 4.78 is 1.26. The van der Waals surface area contributed by atoms with Crippen molar-refractivity contribution < 1.29 is 4.79 Å². The standard InChI is InChI=1S/C20H29N3O2/c1-3-4-5-6-7-8-11-14-21-19(24)15-23-20(25)18-13-10-9-12-17(18)16(2)22-23/h9-10,12-13H,3-8,11,14-15H2,1-2H3,(H,21,24). The zero-order valence-corrected chi connectivity index (χ0v) is 15.4. The quantitative estimate of drug-likeness (QED) is 0.671. The molecule has 0 saturated heterocycles. The Kier molecular flexibility index (Phi) is 7.64. The Hall–Kier alpha value is -2.17. The second kappa shape index (κ2) is 9.97. The van der Waals surface area contributed by atoms with Gasteiger partial charge in [0.25, 0.3) is 5.56 Å². The number of hydrogen-bond donors (Lipinski definition) is 1. The molecule has 136 valence electrons. The molecule has 0 aliphatic carbocycles. The van der Waals surface area contributed by atoms with E-state index in [9.17, 15) is 9.59 Å². The minimum Gasteiger partial charge on any atom is -0.354 e. The van der Waals surface area contributed by atoms with E-state index in [0.717, 1.165) is 23.9 Å². The SMILES string of the molecule is CCCCCCCCCNC(=O)Cn1nc(C)c2ccccc2c1=O. The molecular formula is C20H29N3O2. The molecule has 1 heterocycles. The largest absolute Gasteiger partial charge is 0.354 e. The Morgan fingerprint density at radius 1 is 1.04 bits per heavy atom. The molecule has 0 radical (unpaired) electrons. The van der Waals surface area contributed by atoms with Gasteiger partial charge >= 0.3 is 0 Å². The zero-order valence-electron chi connectivity index (χ0n) is 15.4. The van der Waals surface area contributed by atoms with E-state index in [4.69, 9.17) is 0 Å². The molecule has 1 amide bonds. The molecule has 0 aliphatic rings. The number of amides is 1. The third kappa shape index (κ3) is 5.69. The second-order valence-electron chi connectivity index (χ2n) is 6.57. The fourth-order valence-electron chi connectivity index (χ4n) is 3.01. The first-order chi connectivity index (χ1) is 12.1. The molecule has 1 aromatic heterocycles. The highest BCUT2D eigenvalue weighted by Gasteiger charge is 2.10. The number of aryl methyl sites for hydroxylation is 1. The molecule has 2 aromatic rings. The highest BCUT2D eigenvalue weighted by atomic mass is 16.2. The maximum Gasteiger partial charge on any atom is 0.275 e. The van der Waals surface area contributed by atoms with Crippen LogP contribution in [0.1, 0.15) is 57.6 Å². The van der Waals surface area contributed by atoms with Crippen molar-refractivity contribution in [2.24, 2.45) is 0 Å². The minimum atomic E-state index is -0.215. The van der Waals surface area contributed by atoms with Crippen LogP contribution in [-0.2, 0) is 11.3 Å². The van der Waals surface area contributed by atoms with E-state index in [2.05, 4.69) is 17.3 Å². The number of fused-ring (bicyclic) bond motifs is 1. The number of rotatable bonds is 10. The van der Waals surface area contributed by atoms with Crippen LogP contribution in [-0.4, -0.2) is 22.2 Å². The predicted octanol–water partition coefficient (Wildman–Crippen LogP) is 3.57. The Morgan fingerprint density at radius 2 is 1.68 bits per heavy atom. The molecule has 0 atom stereocenters. The van der Waals surface area contributed by atoms with Gasteiger partial charge in [-0.15, -0.1) is 0 Å². The molecule has 0 saturated carbocycles. The summed E-state index contributed by atoms with van der Waals surface area (Å²) in [6.45, 7) is 4.70. The van der Waals surface area contributed by atoms with Crippen molar-refractivity contribution in [3.05, 3.63) is 40.3 Å². The summed E-state index contributed by atoms with van der Waals surface area (Å²) in [5.41, 5.74) is 0.544. The van der Waals surface area contributed by atoms with Crippen molar-refractivity contribution in [1.82, 2.24) is 15.1 Å². The van der Waals surface area contributed by atoms with Crippen LogP contribution < -0.4 is 10.9 Å². The topological polar surface area (TPSA) is 64.0 Å². The molecule has 5 nitrogen and oxygen atoms in total. The van der Waals surface area contributed by atoms with Crippen molar-refractivity contribution in [2.45, 2.75) is 65.3 Å². The highest BCUT2D eigenvalue weighted by molar-refractivity contribution is 5.83. The summed E-state index contributed by atoms with van der Waals surface area (Å²) >= 11 is 0. The van der Waals surface area contributed by atoms with Gasteiger partial charge in [-0.1, -0.05) is 63.6 Å². The minimum absolute atomic E-state index is 0.0268. The number of carbonyl (C=O) groups excluding carboxylic acids is 1. The molecule has 5 heteroatoms. The maximum atomic E-state index is 12.4. The van der Waals surface area contributed by atoms with Gasteiger partial charge in [-0.25, -0.2) is 4.68 Å². The van der Waals surface area contributed by atoms with Crippen LogP contribution in [0.3, 0.4) is 0 Å². The first kappa shape index (κ1) is 19.2. The predicted molar refractivity (Wildman–Crippen MR) is 102 cm³/mol. The lowest BCUT2D eigenvalue weighted by atomic mass is 10.1. The number of hydrogen-bond acceptors (Lipinski definition) is 3. The summed E-state index contributed by atoms with van der Waals surface area (Å²) in [5, 5.41) is 8.61. The van der Waals surface area contributed by atoms with E-state index >= 15 is 0 Å². The smallest absolute Gasteiger partial charge is 0.275 e. The molecule has 0 unspecified atom stereocenters. The first-order valence-electron chi connectivity index (χ1n) is 9.36. The van der Waals surface area contributed by atoms with E-state index in [1.807, 2.05) is 25.1 Å². The van der Waals surface area contributed by atoms with E-state index in [1.165, 1.54) is 36.8 Å². The van der Waals surface area contributed by atoms with E-state index < -0.39 is 0 Å². The number of benzene rings is 1. The van der Waals surface area contributed by atoms with Crippen LogP contribution in [0.4, 0.5) is 0 Å². The monoisotopic (exact) mass is 343 g/mol. The summed E-state index contributed by atoms with van der Waals surface area (Å²) in [6, 6.07) is 7.37. The lowest BCUT2D eigenvalue weighted by Crippen LogP contribution is -2.34. The van der Waals surface area contributed by atoms with Gasteiger partial charge in [0, 0.05) is 11.9 Å². The van der Waals surface area contributed by atoms with Crippen molar-refractivity contribution in [2.75, 3.05) is 6.54 Å². The summed E-state index contributed by atoms with van der Waals surface area (Å²) in [6.07, 6.45) is 8.49. The van der Waals surface area contributed by atoms with Gasteiger partial charge in [0.1, 0.15) is 6.54 Å². The summed E-state index contributed by atoms with van der Waals surface area (Å²) in [5.74, 6) is -0.157. The van der Waals surface area contributed by atoms with Gasteiger partial charge in [-0.05, 0) is 19.4 Å². The van der Waals surface area contributed by atoms with Crippen LogP contribution >= 0.6 is 0 Å². The van der Waals surface area contributed by atoms with Gasteiger partial charge in [0.15, 0.2) is 0 Å². The van der Waals surface area contributed by atoms with E-state index in [-0.39, 0.29) is 18.0 Å². The maximum absolute atomic E-state index is 12.4. The Bertz CT molecular complexity index is 752. The van der Waals surface area contributed by atoms with Gasteiger partial charge in [0.05, 0.1) is 11.1 Å². The van der Waals surface area contributed by atoms with Crippen LogP contribution in [0.2, 0.25) is 0 Å². The average Bonchev–Trinajstić information content (AvgIpc) is 2.62. The lowest BCUT2D eigenvalue weighted by Gasteiger charge is -2.09. The van der Waals surface area contributed by atoms with Gasteiger partial charge in [-0.3, -0.25) is 9.59 Å². The van der Waals surface area contributed by atoms with Gasteiger partial charge in [-0.2, -0.15) is 5.10 Å². The fraction of sp³-hybridized carbons (Fsp3) is 0.550. The van der Waals surface area contributed by atoms with Crippen molar-refractivity contribution in [3.63, 3.8) is 0 Å².